The van der Waals surface area contributed by atoms with Crippen molar-refractivity contribution in [2.75, 3.05) is 39.3 Å². The predicted octanol–water partition coefficient (Wildman–Crippen LogP) is -3.31. The molecule has 0 aliphatic heterocycles. The van der Waals surface area contributed by atoms with Gasteiger partial charge in [0.1, 0.15) is 0 Å². The Balaban J connectivity index is -0.0000000721. The molecule has 14 nitrogen and oxygen atoms in total. The summed E-state index contributed by atoms with van der Waals surface area (Å²) in [7, 11) is -4.64. The molecule has 0 atom stereocenters. The predicted molar refractivity (Wildman–Crippen MR) is 93.6 cm³/mol. The molecule has 0 spiro atoms. The molecule has 0 heterocycles. The molecule has 0 aromatic heterocycles. The van der Waals surface area contributed by atoms with Crippen molar-refractivity contribution in [2.45, 2.75) is 0 Å². The largest absolute Gasteiger partial charge is 2.00 e. The van der Waals surface area contributed by atoms with E-state index in [0.29, 0.717) is 0 Å². The summed E-state index contributed by atoms with van der Waals surface area (Å²) < 4.78 is 8.88. The van der Waals surface area contributed by atoms with Gasteiger partial charge in [0.05, 0.1) is 26.2 Å². The molecule has 0 saturated carbocycles. The number of nitrogens with zero attached hydrogens (tertiary/aromatic N) is 2. The Morgan fingerprint density at radius 1 is 0.630 bits per heavy atom. The minimum absolute atomic E-state index is 0. The van der Waals surface area contributed by atoms with Crippen LogP contribution in [0.2, 0.25) is 0 Å². The molecule has 0 fully saturated rings. The number of phosphoric acid groups is 1. The van der Waals surface area contributed by atoms with Crippen molar-refractivity contribution < 1.29 is 64.6 Å². The van der Waals surface area contributed by atoms with Crippen molar-refractivity contribution >= 4 is 107 Å². The smallest absolute Gasteiger partial charge is 1.00 e. The van der Waals surface area contributed by atoms with Gasteiger partial charge in [0, 0.05) is 13.1 Å². The molecule has 17 heteroatoms. The molecule has 0 rings (SSSR count). The van der Waals surface area contributed by atoms with Gasteiger partial charge in [0.2, 0.25) is 0 Å². The fraction of sp³-hybridized carbons (Fsp3) is 0.600. The van der Waals surface area contributed by atoms with E-state index in [-0.39, 0.29) is 94.3 Å². The maximum atomic E-state index is 10.6. The number of rotatable bonds is 11. The van der Waals surface area contributed by atoms with Gasteiger partial charge in [0.25, 0.3) is 0 Å². The minimum atomic E-state index is -4.64. The van der Waals surface area contributed by atoms with Crippen LogP contribution in [0.25, 0.3) is 0 Å². The second-order valence-electron chi connectivity index (χ2n) is 4.51. The number of carboxylic acid groups (broad SMARTS) is 4. The third-order valence-electron chi connectivity index (χ3n) is 2.17. The summed E-state index contributed by atoms with van der Waals surface area (Å²) in [6.45, 7) is -2.25. The molecule has 0 aromatic rings. The molecule has 7 N–H and O–H groups in total. The third-order valence-corrected chi connectivity index (χ3v) is 2.17. The van der Waals surface area contributed by atoms with E-state index in [0.717, 1.165) is 9.80 Å². The Kier molecular flexibility index (Phi) is 23.9. The zero-order chi connectivity index (χ0) is 20.2. The third kappa shape index (κ3) is 34.3. The summed E-state index contributed by atoms with van der Waals surface area (Å²) in [5.41, 5.74) is 0. The second-order valence-corrected chi connectivity index (χ2v) is 5.54. The SMILES string of the molecule is O=C(O)CN(CCN(CC(=O)O)CC(=O)O)CC(=O)O.O=P(O)(O)O.[Ca+2].[Ca+2].[H-].[H-].[H-].[H-]. The average Bonchev–Trinajstić information content (AvgIpc) is 2.30. The molecule has 0 bridgehead atoms. The summed E-state index contributed by atoms with van der Waals surface area (Å²) in [4.78, 5) is 65.9. The minimum Gasteiger partial charge on any atom is -1.00 e. The standard InChI is InChI=1S/C10H16N2O8.2Ca.H3O4P.4H/c13-7(14)3-11(4-8(15)16)1-2-12(5-9(17)18)6-10(19)20;;;1-5(2,3)4;;;;/h1-6H2,(H,13,14)(H,15,16)(H,17,18)(H,19,20);;;(H3,1,2,3,4);;;;/q;2*+2;;4*-1. The molecule has 0 amide bonds. The van der Waals surface area contributed by atoms with Crippen molar-refractivity contribution in [1.29, 1.82) is 0 Å². The first-order valence-corrected chi connectivity index (χ1v) is 7.87. The Bertz CT molecular complexity index is 469. The van der Waals surface area contributed by atoms with Crippen LogP contribution in [0.4, 0.5) is 0 Å². The Hall–Kier alpha value is 0.429. The van der Waals surface area contributed by atoms with Gasteiger partial charge >= 0.3 is 107 Å². The topological polar surface area (TPSA) is 233 Å². The molecular weight excluding hydrogens is 451 g/mol. The zero-order valence-electron chi connectivity index (χ0n) is 18.2. The van der Waals surface area contributed by atoms with Gasteiger partial charge in [-0.05, 0) is 0 Å². The second kappa shape index (κ2) is 18.5. The fourth-order valence-electron chi connectivity index (χ4n) is 1.48. The van der Waals surface area contributed by atoms with Crippen LogP contribution in [0.5, 0.6) is 0 Å². The molecule has 0 unspecified atom stereocenters. The van der Waals surface area contributed by atoms with Crippen LogP contribution in [0.15, 0.2) is 0 Å². The van der Waals surface area contributed by atoms with Crippen LogP contribution < -0.4 is 0 Å². The first kappa shape index (κ1) is 34.9. The summed E-state index contributed by atoms with van der Waals surface area (Å²) in [6.07, 6.45) is 0. The normalized spacial score (nSPS) is 10.1. The van der Waals surface area contributed by atoms with Gasteiger partial charge in [-0.25, -0.2) is 4.57 Å². The molecule has 27 heavy (non-hydrogen) atoms. The van der Waals surface area contributed by atoms with Crippen molar-refractivity contribution in [2.24, 2.45) is 0 Å². The zero-order valence-corrected chi connectivity index (χ0v) is 19.5. The van der Waals surface area contributed by atoms with Gasteiger partial charge in [-0.3, -0.25) is 29.0 Å². The van der Waals surface area contributed by atoms with Crippen molar-refractivity contribution in [1.82, 2.24) is 9.80 Å². The molecule has 0 aliphatic carbocycles. The van der Waals surface area contributed by atoms with E-state index in [1.54, 1.807) is 0 Å². The van der Waals surface area contributed by atoms with Crippen LogP contribution in [-0.2, 0) is 23.7 Å². The first-order chi connectivity index (χ1) is 11.2. The van der Waals surface area contributed by atoms with Crippen molar-refractivity contribution in [3.63, 3.8) is 0 Å². The van der Waals surface area contributed by atoms with Crippen molar-refractivity contribution in [3.05, 3.63) is 0 Å². The van der Waals surface area contributed by atoms with Crippen LogP contribution in [0.1, 0.15) is 5.71 Å². The Morgan fingerprint density at radius 2 is 0.778 bits per heavy atom. The molecule has 0 radical (unpaired) electrons. The average molecular weight is 474 g/mol. The maximum absolute atomic E-state index is 10.6. The number of hydrogen-bond acceptors (Lipinski definition) is 7. The maximum Gasteiger partial charge on any atom is 2.00 e. The molecular formula is C10H23Ca2N2O12P. The van der Waals surface area contributed by atoms with E-state index in [1.165, 1.54) is 0 Å². The van der Waals surface area contributed by atoms with Gasteiger partial charge in [-0.15, -0.1) is 0 Å². The van der Waals surface area contributed by atoms with Crippen molar-refractivity contribution in [3.8, 4) is 0 Å². The number of carbonyl (C=O) groups is 4. The van der Waals surface area contributed by atoms with Crippen LogP contribution in [0, 0.1) is 0 Å². The van der Waals surface area contributed by atoms with Crippen LogP contribution >= 0.6 is 7.82 Å². The molecule has 0 saturated heterocycles. The van der Waals surface area contributed by atoms with Crippen LogP contribution in [-0.4, -0.2) is 184 Å². The number of aliphatic carboxylic acids is 4. The summed E-state index contributed by atoms with van der Waals surface area (Å²) in [5.74, 6) is -4.91. The molecule has 154 valence electrons. The quantitative estimate of drug-likeness (QED) is 0.115. The first-order valence-electron chi connectivity index (χ1n) is 6.31. The monoisotopic (exact) mass is 474 g/mol. The molecule has 0 aliphatic rings. The van der Waals surface area contributed by atoms with E-state index >= 15 is 0 Å². The fourth-order valence-corrected chi connectivity index (χ4v) is 1.48. The van der Waals surface area contributed by atoms with Gasteiger partial charge < -0.3 is 40.8 Å². The summed E-state index contributed by atoms with van der Waals surface area (Å²) in [5, 5.41) is 34.5. The van der Waals surface area contributed by atoms with Gasteiger partial charge in [-0.1, -0.05) is 0 Å². The van der Waals surface area contributed by atoms with E-state index in [2.05, 4.69) is 0 Å². The van der Waals surface area contributed by atoms with E-state index < -0.39 is 57.9 Å². The van der Waals surface area contributed by atoms with E-state index in [4.69, 9.17) is 39.7 Å². The number of hydrogen-bond donors (Lipinski definition) is 7. The summed E-state index contributed by atoms with van der Waals surface area (Å²) >= 11 is 0. The van der Waals surface area contributed by atoms with Crippen LogP contribution in [0.3, 0.4) is 0 Å². The Labute approximate surface area is 218 Å². The Morgan fingerprint density at radius 3 is 0.889 bits per heavy atom. The van der Waals surface area contributed by atoms with E-state index in [1.807, 2.05) is 0 Å². The number of carboxylic acids is 4. The molecule has 0 aromatic carbocycles. The van der Waals surface area contributed by atoms with Gasteiger partial charge in [-0.2, -0.15) is 0 Å². The van der Waals surface area contributed by atoms with E-state index in [9.17, 15) is 19.2 Å². The summed E-state index contributed by atoms with van der Waals surface area (Å²) in [6, 6.07) is 0. The van der Waals surface area contributed by atoms with Gasteiger partial charge in [0.15, 0.2) is 0 Å².